The van der Waals surface area contributed by atoms with E-state index in [0.29, 0.717) is 29.5 Å². The van der Waals surface area contributed by atoms with E-state index in [-0.39, 0.29) is 11.7 Å². The Bertz CT molecular complexity index is 472. The molecule has 1 unspecified atom stereocenters. The van der Waals surface area contributed by atoms with Crippen molar-refractivity contribution in [1.82, 2.24) is 9.88 Å². The van der Waals surface area contributed by atoms with Gasteiger partial charge in [0.15, 0.2) is 5.13 Å². The molecule has 7 heteroatoms. The second-order valence-corrected chi connectivity index (χ2v) is 6.13. The van der Waals surface area contributed by atoms with Gasteiger partial charge in [-0.05, 0) is 26.2 Å². The molecule has 6 nitrogen and oxygen atoms in total. The molecule has 2 heterocycles. The Morgan fingerprint density at radius 2 is 2.26 bits per heavy atom. The molecular formula is C12H20N4O2S. The number of anilines is 2. The Labute approximate surface area is 116 Å². The molecule has 106 valence electrons. The van der Waals surface area contributed by atoms with Crippen molar-refractivity contribution >= 4 is 28.2 Å². The fourth-order valence-corrected chi connectivity index (χ4v) is 3.01. The lowest BCUT2D eigenvalue weighted by molar-refractivity contribution is 0.0438. The van der Waals surface area contributed by atoms with Crippen molar-refractivity contribution in [2.24, 2.45) is 0 Å². The number of thiazole rings is 1. The first kappa shape index (κ1) is 14.1. The monoisotopic (exact) mass is 284 g/mol. The van der Waals surface area contributed by atoms with Crippen LogP contribution in [-0.4, -0.2) is 46.6 Å². The number of amides is 1. The van der Waals surface area contributed by atoms with Crippen molar-refractivity contribution in [3.8, 4) is 0 Å². The van der Waals surface area contributed by atoms with Crippen molar-refractivity contribution in [2.45, 2.75) is 31.8 Å². The van der Waals surface area contributed by atoms with Gasteiger partial charge in [-0.3, -0.25) is 4.79 Å². The highest BCUT2D eigenvalue weighted by atomic mass is 32.1. The van der Waals surface area contributed by atoms with E-state index < -0.39 is 5.60 Å². The van der Waals surface area contributed by atoms with Crippen molar-refractivity contribution in [2.75, 3.05) is 31.2 Å². The molecule has 0 saturated carbocycles. The Morgan fingerprint density at radius 1 is 1.53 bits per heavy atom. The van der Waals surface area contributed by atoms with Crippen LogP contribution in [0.3, 0.4) is 0 Å². The van der Waals surface area contributed by atoms with Crippen LogP contribution in [0.2, 0.25) is 0 Å². The zero-order valence-electron chi connectivity index (χ0n) is 11.3. The summed E-state index contributed by atoms with van der Waals surface area (Å²) in [4.78, 5) is 18.7. The number of carbonyl (C=O) groups excluding carboxylic acids is 1. The van der Waals surface area contributed by atoms with Crippen molar-refractivity contribution < 1.29 is 9.90 Å². The van der Waals surface area contributed by atoms with Gasteiger partial charge >= 0.3 is 0 Å². The number of nitrogens with two attached hydrogens (primary N) is 1. The number of nitrogens with zero attached hydrogens (tertiary/aromatic N) is 2. The minimum atomic E-state index is -0.676. The summed E-state index contributed by atoms with van der Waals surface area (Å²) >= 11 is 1.27. The highest BCUT2D eigenvalue weighted by Crippen LogP contribution is 2.28. The lowest BCUT2D eigenvalue weighted by Gasteiger charge is -2.22. The van der Waals surface area contributed by atoms with Crippen molar-refractivity contribution in [3.63, 3.8) is 0 Å². The molecule has 0 bridgehead atoms. The fourth-order valence-electron chi connectivity index (χ4n) is 2.20. The van der Waals surface area contributed by atoms with E-state index in [1.165, 1.54) is 11.3 Å². The Morgan fingerprint density at radius 3 is 2.89 bits per heavy atom. The molecule has 1 atom stereocenters. The van der Waals surface area contributed by atoms with Crippen molar-refractivity contribution in [1.29, 1.82) is 0 Å². The first-order valence-corrected chi connectivity index (χ1v) is 7.20. The molecule has 2 rings (SSSR count). The number of nitrogens with one attached hydrogen (secondary N) is 1. The standard InChI is InChI=1S/C12H20N4O2S/c1-12(18)4-3-6-16(7-5-12)10(17)8-9(13)15-11(14-2)19-8/h18H,3-7,13H2,1-2H3,(H,14,15). The Kier molecular flexibility index (Phi) is 3.96. The number of likely N-dealkylation sites (tertiary alicyclic amines) is 1. The van der Waals surface area contributed by atoms with Crippen LogP contribution in [0.15, 0.2) is 0 Å². The minimum Gasteiger partial charge on any atom is -0.390 e. The molecule has 1 saturated heterocycles. The van der Waals surface area contributed by atoms with Crippen molar-refractivity contribution in [3.05, 3.63) is 4.88 Å². The van der Waals surface area contributed by atoms with E-state index in [1.807, 2.05) is 6.92 Å². The summed E-state index contributed by atoms with van der Waals surface area (Å²) in [6.07, 6.45) is 2.11. The molecule has 1 aliphatic rings. The summed E-state index contributed by atoms with van der Waals surface area (Å²) in [7, 11) is 1.75. The zero-order chi connectivity index (χ0) is 14.0. The van der Waals surface area contributed by atoms with Gasteiger partial charge in [0.25, 0.3) is 5.91 Å². The largest absolute Gasteiger partial charge is 0.390 e. The summed E-state index contributed by atoms with van der Waals surface area (Å²) in [6.45, 7) is 3.03. The number of aliphatic hydroxyl groups is 1. The lowest BCUT2D eigenvalue weighted by atomic mass is 9.98. The Balaban J connectivity index is 2.12. The molecule has 0 aromatic carbocycles. The molecule has 1 aliphatic heterocycles. The average Bonchev–Trinajstić information content (AvgIpc) is 2.63. The van der Waals surface area contributed by atoms with Crippen LogP contribution in [0.25, 0.3) is 0 Å². The number of hydrogen-bond acceptors (Lipinski definition) is 6. The molecule has 1 fully saturated rings. The molecule has 4 N–H and O–H groups in total. The van der Waals surface area contributed by atoms with E-state index in [9.17, 15) is 9.90 Å². The predicted octanol–water partition coefficient (Wildman–Crippen LogP) is 1.14. The SMILES string of the molecule is CNc1nc(N)c(C(=O)N2CCCC(C)(O)CC2)s1. The van der Waals surface area contributed by atoms with Gasteiger partial charge in [-0.15, -0.1) is 0 Å². The topological polar surface area (TPSA) is 91.5 Å². The van der Waals surface area contributed by atoms with Crippen LogP contribution < -0.4 is 11.1 Å². The summed E-state index contributed by atoms with van der Waals surface area (Å²) in [5.74, 6) is 0.185. The summed E-state index contributed by atoms with van der Waals surface area (Å²) in [6, 6.07) is 0. The lowest BCUT2D eigenvalue weighted by Crippen LogP contribution is -2.33. The smallest absolute Gasteiger partial charge is 0.267 e. The first-order chi connectivity index (χ1) is 8.93. The summed E-state index contributed by atoms with van der Waals surface area (Å²) < 4.78 is 0. The molecule has 1 amide bonds. The Hall–Kier alpha value is -1.34. The van der Waals surface area contributed by atoms with Crippen LogP contribution in [-0.2, 0) is 0 Å². The molecule has 0 radical (unpaired) electrons. The van der Waals surface area contributed by atoms with Gasteiger partial charge in [0.1, 0.15) is 10.7 Å². The fraction of sp³-hybridized carbons (Fsp3) is 0.667. The van der Waals surface area contributed by atoms with E-state index >= 15 is 0 Å². The van der Waals surface area contributed by atoms with E-state index in [0.717, 1.165) is 12.8 Å². The zero-order valence-corrected chi connectivity index (χ0v) is 12.1. The third kappa shape index (κ3) is 3.16. The van der Waals surface area contributed by atoms with Crippen LogP contribution in [0.4, 0.5) is 10.9 Å². The highest BCUT2D eigenvalue weighted by Gasteiger charge is 2.29. The molecule has 0 aliphatic carbocycles. The number of aromatic nitrogens is 1. The van der Waals surface area contributed by atoms with E-state index in [1.54, 1.807) is 11.9 Å². The van der Waals surface area contributed by atoms with Gasteiger partial charge in [-0.2, -0.15) is 0 Å². The molecular weight excluding hydrogens is 264 g/mol. The van der Waals surface area contributed by atoms with Crippen LogP contribution >= 0.6 is 11.3 Å². The number of carbonyl (C=O) groups is 1. The number of hydrogen-bond donors (Lipinski definition) is 3. The molecule has 1 aromatic heterocycles. The third-order valence-corrected chi connectivity index (χ3v) is 4.49. The average molecular weight is 284 g/mol. The maximum atomic E-state index is 12.4. The number of nitrogen functional groups attached to an aromatic ring is 1. The predicted molar refractivity (Wildman–Crippen MR) is 76.5 cm³/mol. The van der Waals surface area contributed by atoms with Gasteiger partial charge in [0.2, 0.25) is 0 Å². The van der Waals surface area contributed by atoms with Crippen LogP contribution in [0, 0.1) is 0 Å². The van der Waals surface area contributed by atoms with Gasteiger partial charge in [0, 0.05) is 20.1 Å². The quantitative estimate of drug-likeness (QED) is 0.757. The minimum absolute atomic E-state index is 0.0887. The van der Waals surface area contributed by atoms with E-state index in [4.69, 9.17) is 5.73 Å². The third-order valence-electron chi connectivity index (χ3n) is 3.41. The van der Waals surface area contributed by atoms with Gasteiger partial charge in [0.05, 0.1) is 5.60 Å². The second-order valence-electron chi connectivity index (χ2n) is 5.13. The maximum absolute atomic E-state index is 12.4. The van der Waals surface area contributed by atoms with Gasteiger partial charge in [-0.25, -0.2) is 4.98 Å². The van der Waals surface area contributed by atoms with E-state index in [2.05, 4.69) is 10.3 Å². The highest BCUT2D eigenvalue weighted by molar-refractivity contribution is 7.18. The van der Waals surface area contributed by atoms with Gasteiger partial charge < -0.3 is 21.1 Å². The maximum Gasteiger partial charge on any atom is 0.267 e. The van der Waals surface area contributed by atoms with Crippen LogP contribution in [0.5, 0.6) is 0 Å². The second kappa shape index (κ2) is 5.34. The molecule has 19 heavy (non-hydrogen) atoms. The summed E-state index contributed by atoms with van der Waals surface area (Å²) in [5, 5.41) is 13.6. The van der Waals surface area contributed by atoms with Gasteiger partial charge in [-0.1, -0.05) is 11.3 Å². The van der Waals surface area contributed by atoms with Crippen LogP contribution in [0.1, 0.15) is 35.9 Å². The normalized spacial score (nSPS) is 24.1. The first-order valence-electron chi connectivity index (χ1n) is 6.39. The molecule has 1 aromatic rings. The number of rotatable bonds is 2. The molecule has 0 spiro atoms. The summed E-state index contributed by atoms with van der Waals surface area (Å²) in [5.41, 5.74) is 5.10.